The fourth-order valence-electron chi connectivity index (χ4n) is 2.82. The second-order valence-corrected chi connectivity index (χ2v) is 7.39. The standard InChI is InChI=1S/C18H16F3NO3S/c1-9-2-5-13-10(6-9)7-14(26-13)18(24)25-8-15(23)22-12-4-3-11(19)16(20)17(12)21/h3-4,7,9H,2,5-6,8H2,1H3,(H,22,23). The van der Waals surface area contributed by atoms with Gasteiger partial charge in [-0.3, -0.25) is 4.79 Å². The summed E-state index contributed by atoms with van der Waals surface area (Å²) >= 11 is 1.35. The summed E-state index contributed by atoms with van der Waals surface area (Å²) in [6.45, 7) is 1.50. The quantitative estimate of drug-likeness (QED) is 0.639. The zero-order valence-corrected chi connectivity index (χ0v) is 14.7. The van der Waals surface area contributed by atoms with Crippen molar-refractivity contribution in [3.63, 3.8) is 0 Å². The highest BCUT2D eigenvalue weighted by Gasteiger charge is 2.22. The summed E-state index contributed by atoms with van der Waals surface area (Å²) < 4.78 is 44.4. The predicted molar refractivity (Wildman–Crippen MR) is 90.7 cm³/mol. The number of nitrogens with one attached hydrogen (secondary N) is 1. The number of hydrogen-bond acceptors (Lipinski definition) is 4. The molecule has 0 aliphatic heterocycles. The van der Waals surface area contributed by atoms with Gasteiger partial charge in [-0.2, -0.15) is 0 Å². The average Bonchev–Trinajstić information content (AvgIpc) is 3.03. The molecule has 3 rings (SSSR count). The number of anilines is 1. The van der Waals surface area contributed by atoms with E-state index in [1.807, 2.05) is 5.32 Å². The SMILES string of the molecule is CC1CCc2sc(C(=O)OCC(=O)Nc3ccc(F)c(F)c3F)cc2C1. The van der Waals surface area contributed by atoms with Crippen LogP contribution in [0.1, 0.15) is 33.5 Å². The van der Waals surface area contributed by atoms with Gasteiger partial charge in [0.1, 0.15) is 4.88 Å². The molecular formula is C18H16F3NO3S. The van der Waals surface area contributed by atoms with E-state index in [-0.39, 0.29) is 0 Å². The molecule has 4 nitrogen and oxygen atoms in total. The van der Waals surface area contributed by atoms with Crippen LogP contribution in [0.2, 0.25) is 0 Å². The second-order valence-electron chi connectivity index (χ2n) is 6.25. The molecule has 1 heterocycles. The number of thiophene rings is 1. The minimum absolute atomic E-state index is 0.413. The van der Waals surface area contributed by atoms with Gasteiger partial charge in [0, 0.05) is 4.88 Å². The third-order valence-electron chi connectivity index (χ3n) is 4.17. The van der Waals surface area contributed by atoms with E-state index >= 15 is 0 Å². The van der Waals surface area contributed by atoms with Crippen molar-refractivity contribution in [1.82, 2.24) is 0 Å². The van der Waals surface area contributed by atoms with Crippen molar-refractivity contribution in [2.24, 2.45) is 5.92 Å². The molecule has 0 fully saturated rings. The number of fused-ring (bicyclic) bond motifs is 1. The fourth-order valence-corrected chi connectivity index (χ4v) is 3.92. The number of halogens is 3. The van der Waals surface area contributed by atoms with Crippen molar-refractivity contribution in [2.45, 2.75) is 26.2 Å². The zero-order chi connectivity index (χ0) is 18.8. The molecule has 8 heteroatoms. The van der Waals surface area contributed by atoms with Gasteiger partial charge >= 0.3 is 5.97 Å². The van der Waals surface area contributed by atoms with Gasteiger partial charge in [0.25, 0.3) is 5.91 Å². The van der Waals surface area contributed by atoms with E-state index in [9.17, 15) is 22.8 Å². The Kier molecular flexibility index (Phi) is 5.31. The largest absolute Gasteiger partial charge is 0.451 e. The number of aryl methyl sites for hydroxylation is 1. The van der Waals surface area contributed by atoms with Crippen LogP contribution in [0.25, 0.3) is 0 Å². The fraction of sp³-hybridized carbons (Fsp3) is 0.333. The topological polar surface area (TPSA) is 55.4 Å². The molecule has 0 spiro atoms. The van der Waals surface area contributed by atoms with Gasteiger partial charge in [0.2, 0.25) is 0 Å². The number of rotatable bonds is 4. The summed E-state index contributed by atoms with van der Waals surface area (Å²) in [6, 6.07) is 3.37. The molecule has 1 aliphatic rings. The lowest BCUT2D eigenvalue weighted by Gasteiger charge is -2.16. The van der Waals surface area contributed by atoms with Crippen LogP contribution in [0.5, 0.6) is 0 Å². The van der Waals surface area contributed by atoms with Gasteiger partial charge < -0.3 is 10.1 Å². The third-order valence-corrected chi connectivity index (χ3v) is 5.39. The summed E-state index contributed by atoms with van der Waals surface area (Å²) in [5.41, 5.74) is 0.611. The van der Waals surface area contributed by atoms with E-state index < -0.39 is 41.6 Å². The van der Waals surface area contributed by atoms with Crippen molar-refractivity contribution in [1.29, 1.82) is 0 Å². The Balaban J connectivity index is 1.58. The van der Waals surface area contributed by atoms with Crippen LogP contribution in [0, 0.1) is 23.4 Å². The average molecular weight is 383 g/mol. The summed E-state index contributed by atoms with van der Waals surface area (Å²) in [4.78, 5) is 25.4. The summed E-state index contributed by atoms with van der Waals surface area (Å²) in [5, 5.41) is 2.05. The van der Waals surface area contributed by atoms with Crippen molar-refractivity contribution < 1.29 is 27.5 Å². The minimum Gasteiger partial charge on any atom is -0.451 e. The number of carbonyl (C=O) groups excluding carboxylic acids is 2. The molecule has 1 N–H and O–H groups in total. The predicted octanol–water partition coefficient (Wildman–Crippen LogP) is 4.09. The van der Waals surface area contributed by atoms with E-state index in [1.54, 1.807) is 6.07 Å². The van der Waals surface area contributed by atoms with E-state index in [2.05, 4.69) is 6.92 Å². The first kappa shape index (κ1) is 18.4. The van der Waals surface area contributed by atoms with Gasteiger partial charge in [-0.1, -0.05) is 6.92 Å². The minimum atomic E-state index is -1.68. The lowest BCUT2D eigenvalue weighted by molar-refractivity contribution is -0.119. The lowest BCUT2D eigenvalue weighted by Crippen LogP contribution is -2.21. The van der Waals surface area contributed by atoms with Gasteiger partial charge in [-0.25, -0.2) is 18.0 Å². The van der Waals surface area contributed by atoms with E-state index in [1.165, 1.54) is 11.3 Å². The molecule has 2 aromatic rings. The number of benzene rings is 1. The monoisotopic (exact) mass is 383 g/mol. The van der Waals surface area contributed by atoms with Crippen molar-refractivity contribution in [3.05, 3.63) is 51.0 Å². The Hall–Kier alpha value is -2.35. The Bertz CT molecular complexity index is 866. The number of carbonyl (C=O) groups is 2. The van der Waals surface area contributed by atoms with Crippen molar-refractivity contribution in [3.8, 4) is 0 Å². The van der Waals surface area contributed by atoms with E-state index in [0.29, 0.717) is 16.9 Å². The summed E-state index contributed by atoms with van der Waals surface area (Å²) in [7, 11) is 0. The van der Waals surface area contributed by atoms with E-state index in [4.69, 9.17) is 4.74 Å². The molecule has 0 saturated heterocycles. The number of amides is 1. The highest BCUT2D eigenvalue weighted by molar-refractivity contribution is 7.14. The van der Waals surface area contributed by atoms with Crippen LogP contribution in [0.15, 0.2) is 18.2 Å². The normalized spacial score (nSPS) is 16.1. The van der Waals surface area contributed by atoms with Crippen molar-refractivity contribution in [2.75, 3.05) is 11.9 Å². The molecule has 1 unspecified atom stereocenters. The molecule has 1 aliphatic carbocycles. The Morgan fingerprint density at radius 3 is 2.81 bits per heavy atom. The lowest BCUT2D eigenvalue weighted by atomic mass is 9.90. The van der Waals surface area contributed by atoms with E-state index in [0.717, 1.165) is 35.8 Å². The van der Waals surface area contributed by atoms with Crippen LogP contribution in [0.4, 0.5) is 18.9 Å². The van der Waals surface area contributed by atoms with Crippen molar-refractivity contribution >= 4 is 28.9 Å². The number of ether oxygens (including phenoxy) is 1. The highest BCUT2D eigenvalue weighted by Crippen LogP contribution is 2.32. The van der Waals surface area contributed by atoms with Crippen LogP contribution in [-0.2, 0) is 22.4 Å². The highest BCUT2D eigenvalue weighted by atomic mass is 32.1. The second kappa shape index (κ2) is 7.49. The molecular weight excluding hydrogens is 367 g/mol. The Morgan fingerprint density at radius 1 is 1.27 bits per heavy atom. The summed E-state index contributed by atoms with van der Waals surface area (Å²) in [5.74, 6) is -5.47. The molecule has 0 bridgehead atoms. The first-order chi connectivity index (χ1) is 12.3. The first-order valence-corrected chi connectivity index (χ1v) is 8.89. The smallest absolute Gasteiger partial charge is 0.348 e. The van der Waals surface area contributed by atoms with Gasteiger partial charge in [-0.05, 0) is 48.9 Å². The third kappa shape index (κ3) is 3.90. The molecule has 26 heavy (non-hydrogen) atoms. The van der Waals surface area contributed by atoms with Gasteiger partial charge in [-0.15, -0.1) is 11.3 Å². The summed E-state index contributed by atoms with van der Waals surface area (Å²) in [6.07, 6.45) is 2.91. The van der Waals surface area contributed by atoms with Gasteiger partial charge in [0.15, 0.2) is 24.1 Å². The molecule has 138 valence electrons. The molecule has 1 aromatic carbocycles. The number of hydrogen-bond donors (Lipinski definition) is 1. The molecule has 0 radical (unpaired) electrons. The maximum Gasteiger partial charge on any atom is 0.348 e. The van der Waals surface area contributed by atoms with Crippen LogP contribution >= 0.6 is 11.3 Å². The van der Waals surface area contributed by atoms with Crippen LogP contribution < -0.4 is 5.32 Å². The molecule has 1 aromatic heterocycles. The Morgan fingerprint density at radius 2 is 2.04 bits per heavy atom. The maximum atomic E-state index is 13.5. The zero-order valence-electron chi connectivity index (χ0n) is 13.9. The maximum absolute atomic E-state index is 13.5. The molecule has 0 saturated carbocycles. The first-order valence-electron chi connectivity index (χ1n) is 8.07. The van der Waals surface area contributed by atoms with Gasteiger partial charge in [0.05, 0.1) is 5.69 Å². The Labute approximate surface area is 152 Å². The number of esters is 1. The molecule has 1 atom stereocenters. The van der Waals surface area contributed by atoms with Crippen LogP contribution in [-0.4, -0.2) is 18.5 Å². The molecule has 1 amide bonds. The van der Waals surface area contributed by atoms with Crippen LogP contribution in [0.3, 0.4) is 0 Å².